The molecule has 22 heavy (non-hydrogen) atoms. The van der Waals surface area contributed by atoms with Crippen LogP contribution in [0.1, 0.15) is 34.7 Å². The van der Waals surface area contributed by atoms with E-state index in [1.165, 1.54) is 12.8 Å². The van der Waals surface area contributed by atoms with Crippen LogP contribution in [0.5, 0.6) is 0 Å². The maximum atomic E-state index is 12.9. The summed E-state index contributed by atoms with van der Waals surface area (Å²) >= 11 is 0. The molecule has 1 atom stereocenters. The van der Waals surface area contributed by atoms with Gasteiger partial charge in [-0.3, -0.25) is 4.79 Å². The molecule has 0 radical (unpaired) electrons. The minimum Gasteiger partial charge on any atom is -0.302 e. The predicted molar refractivity (Wildman–Crippen MR) is 92.9 cm³/mol. The third-order valence-corrected chi connectivity index (χ3v) is 4.22. The summed E-state index contributed by atoms with van der Waals surface area (Å²) in [7, 11) is 0. The Labute approximate surface area is 138 Å². The Morgan fingerprint density at radius 1 is 0.909 bits per heavy atom. The zero-order valence-corrected chi connectivity index (χ0v) is 13.5. The van der Waals surface area contributed by atoms with Gasteiger partial charge in [0, 0.05) is 12.1 Å². The first kappa shape index (κ1) is 16.7. The molecule has 1 heterocycles. The molecule has 3 heteroatoms. The average molecular weight is 316 g/mol. The van der Waals surface area contributed by atoms with Crippen LogP contribution < -0.4 is 0 Å². The second-order valence-corrected chi connectivity index (χ2v) is 5.70. The molecule has 0 bridgehead atoms. The number of rotatable bonds is 5. The maximum Gasteiger partial charge on any atom is 0.171 e. The van der Waals surface area contributed by atoms with E-state index in [2.05, 4.69) is 17.0 Å². The standard InChI is InChI=1S/C19H21NO.ClH/c21-19(17-11-5-2-6-12-17)18(15-20-13-7-8-14-20)16-9-3-1-4-10-16;/h1-6,9-12,18H,7-8,13-15H2;1H. The van der Waals surface area contributed by atoms with Gasteiger partial charge >= 0.3 is 0 Å². The van der Waals surface area contributed by atoms with Gasteiger partial charge in [-0.1, -0.05) is 60.7 Å². The lowest BCUT2D eigenvalue weighted by Gasteiger charge is -2.23. The van der Waals surface area contributed by atoms with Crippen molar-refractivity contribution in [1.82, 2.24) is 4.90 Å². The first-order valence-corrected chi connectivity index (χ1v) is 7.71. The highest BCUT2D eigenvalue weighted by Crippen LogP contribution is 2.24. The Morgan fingerprint density at radius 2 is 1.45 bits per heavy atom. The number of likely N-dealkylation sites (tertiary alicyclic amines) is 1. The third-order valence-electron chi connectivity index (χ3n) is 4.22. The Balaban J connectivity index is 0.00000176. The van der Waals surface area contributed by atoms with Gasteiger partial charge in [-0.05, 0) is 31.5 Å². The minimum absolute atomic E-state index is 0. The van der Waals surface area contributed by atoms with E-state index in [4.69, 9.17) is 0 Å². The molecule has 1 fully saturated rings. The molecule has 0 N–H and O–H groups in total. The molecule has 2 aromatic rings. The van der Waals surface area contributed by atoms with Crippen molar-refractivity contribution in [3.63, 3.8) is 0 Å². The van der Waals surface area contributed by atoms with Crippen LogP contribution in [0.2, 0.25) is 0 Å². The summed E-state index contributed by atoms with van der Waals surface area (Å²) in [6.45, 7) is 3.06. The number of ketones is 1. The van der Waals surface area contributed by atoms with Crippen molar-refractivity contribution in [3.05, 3.63) is 71.8 Å². The highest BCUT2D eigenvalue weighted by Gasteiger charge is 2.25. The topological polar surface area (TPSA) is 20.3 Å². The van der Waals surface area contributed by atoms with Crippen LogP contribution >= 0.6 is 12.4 Å². The van der Waals surface area contributed by atoms with Gasteiger partial charge in [-0.2, -0.15) is 0 Å². The van der Waals surface area contributed by atoms with Crippen LogP contribution in [0, 0.1) is 0 Å². The summed E-state index contributed by atoms with van der Waals surface area (Å²) in [5.74, 6) is 0.167. The SMILES string of the molecule is Cl.O=C(c1ccccc1)C(CN1CCCC1)c1ccccc1. The number of benzene rings is 2. The highest BCUT2D eigenvalue weighted by atomic mass is 35.5. The van der Waals surface area contributed by atoms with Crippen LogP contribution in [-0.4, -0.2) is 30.3 Å². The number of carbonyl (C=O) groups is 1. The zero-order valence-electron chi connectivity index (χ0n) is 12.7. The fourth-order valence-electron chi connectivity index (χ4n) is 3.05. The smallest absolute Gasteiger partial charge is 0.171 e. The quantitative estimate of drug-likeness (QED) is 0.772. The van der Waals surface area contributed by atoms with Crippen LogP contribution in [0.4, 0.5) is 0 Å². The fraction of sp³-hybridized carbons (Fsp3) is 0.316. The normalized spacial score (nSPS) is 16.0. The molecule has 0 amide bonds. The number of Topliss-reactive ketones (excluding diaryl/α,β-unsaturated/α-hetero) is 1. The second kappa shape index (κ2) is 8.11. The zero-order chi connectivity index (χ0) is 14.5. The van der Waals surface area contributed by atoms with Crippen LogP contribution in [0.3, 0.4) is 0 Å². The van der Waals surface area contributed by atoms with Crippen molar-refractivity contribution < 1.29 is 4.79 Å². The molecular formula is C19H22ClNO. The summed E-state index contributed by atoms with van der Waals surface area (Å²) < 4.78 is 0. The van der Waals surface area contributed by atoms with Gasteiger partial charge in [0.15, 0.2) is 5.78 Å². The summed E-state index contributed by atoms with van der Waals surface area (Å²) in [6, 6.07) is 19.8. The van der Waals surface area contributed by atoms with E-state index in [9.17, 15) is 4.79 Å². The highest BCUT2D eigenvalue weighted by molar-refractivity contribution is 6.01. The van der Waals surface area contributed by atoms with E-state index in [1.807, 2.05) is 48.5 Å². The Bertz CT molecular complexity index is 579. The first-order valence-electron chi connectivity index (χ1n) is 7.71. The lowest BCUT2D eigenvalue weighted by Crippen LogP contribution is -2.30. The van der Waals surface area contributed by atoms with E-state index < -0.39 is 0 Å². The molecule has 0 saturated carbocycles. The van der Waals surface area contributed by atoms with Gasteiger partial charge in [0.1, 0.15) is 0 Å². The van der Waals surface area contributed by atoms with Gasteiger partial charge in [-0.25, -0.2) is 0 Å². The third kappa shape index (κ3) is 3.96. The summed E-state index contributed by atoms with van der Waals surface area (Å²) in [6.07, 6.45) is 2.50. The predicted octanol–water partition coefficient (Wildman–Crippen LogP) is 4.17. The number of halogens is 1. The molecule has 3 rings (SSSR count). The largest absolute Gasteiger partial charge is 0.302 e. The second-order valence-electron chi connectivity index (χ2n) is 5.70. The summed E-state index contributed by atoms with van der Waals surface area (Å²) in [5, 5.41) is 0. The van der Waals surface area contributed by atoms with E-state index >= 15 is 0 Å². The summed E-state index contributed by atoms with van der Waals surface area (Å²) in [5.41, 5.74) is 1.93. The molecule has 1 unspecified atom stereocenters. The molecular weight excluding hydrogens is 294 g/mol. The molecule has 0 spiro atoms. The summed E-state index contributed by atoms with van der Waals surface area (Å²) in [4.78, 5) is 15.3. The number of hydrogen-bond donors (Lipinski definition) is 0. The lowest BCUT2D eigenvalue weighted by atomic mass is 9.90. The van der Waals surface area contributed by atoms with Crippen molar-refractivity contribution >= 4 is 18.2 Å². The van der Waals surface area contributed by atoms with E-state index in [0.717, 1.165) is 30.8 Å². The number of carbonyl (C=O) groups excluding carboxylic acids is 1. The van der Waals surface area contributed by atoms with Crippen LogP contribution in [-0.2, 0) is 0 Å². The van der Waals surface area contributed by atoms with Gasteiger partial charge in [0.25, 0.3) is 0 Å². The average Bonchev–Trinajstić information content (AvgIpc) is 3.07. The van der Waals surface area contributed by atoms with Crippen molar-refractivity contribution in [2.45, 2.75) is 18.8 Å². The number of nitrogens with zero attached hydrogens (tertiary/aromatic N) is 1. The molecule has 0 aromatic heterocycles. The molecule has 1 aliphatic heterocycles. The van der Waals surface area contributed by atoms with E-state index in [0.29, 0.717) is 0 Å². The fourth-order valence-corrected chi connectivity index (χ4v) is 3.05. The van der Waals surface area contributed by atoms with E-state index in [1.54, 1.807) is 0 Å². The monoisotopic (exact) mass is 315 g/mol. The maximum absolute atomic E-state index is 12.9. The van der Waals surface area contributed by atoms with Crippen molar-refractivity contribution in [3.8, 4) is 0 Å². The molecule has 1 saturated heterocycles. The van der Waals surface area contributed by atoms with Crippen molar-refractivity contribution in [2.24, 2.45) is 0 Å². The van der Waals surface area contributed by atoms with Gasteiger partial charge in [0.05, 0.1) is 5.92 Å². The first-order chi connectivity index (χ1) is 10.3. The molecule has 2 nitrogen and oxygen atoms in total. The Morgan fingerprint density at radius 3 is 2.05 bits per heavy atom. The van der Waals surface area contributed by atoms with Crippen LogP contribution in [0.15, 0.2) is 60.7 Å². The van der Waals surface area contributed by atoms with Crippen molar-refractivity contribution in [2.75, 3.05) is 19.6 Å². The Hall–Kier alpha value is -1.64. The molecule has 2 aromatic carbocycles. The lowest BCUT2D eigenvalue weighted by molar-refractivity contribution is 0.0939. The molecule has 0 aliphatic carbocycles. The van der Waals surface area contributed by atoms with Gasteiger partial charge in [-0.15, -0.1) is 12.4 Å². The van der Waals surface area contributed by atoms with Gasteiger partial charge < -0.3 is 4.90 Å². The molecule has 1 aliphatic rings. The van der Waals surface area contributed by atoms with Crippen molar-refractivity contribution in [1.29, 1.82) is 0 Å². The minimum atomic E-state index is -0.0632. The van der Waals surface area contributed by atoms with Gasteiger partial charge in [0.2, 0.25) is 0 Å². The Kier molecular flexibility index (Phi) is 6.17. The van der Waals surface area contributed by atoms with E-state index in [-0.39, 0.29) is 24.1 Å². The van der Waals surface area contributed by atoms with Crippen LogP contribution in [0.25, 0.3) is 0 Å². The number of hydrogen-bond acceptors (Lipinski definition) is 2. The molecule has 116 valence electrons.